The molecule has 4 heteroatoms. The second-order valence-electron chi connectivity index (χ2n) is 6.35. The topological polar surface area (TPSA) is 68.0 Å². The molecule has 1 aromatic heterocycles. The molecule has 112 valence electrons. The number of para-hydroxylation sites is 1. The molecular formula is C17H23N3O. The third kappa shape index (κ3) is 3.58. The summed E-state index contributed by atoms with van der Waals surface area (Å²) >= 11 is 0. The summed E-state index contributed by atoms with van der Waals surface area (Å²) in [5, 5.41) is 3.99. The van der Waals surface area contributed by atoms with E-state index in [4.69, 9.17) is 5.73 Å². The Labute approximate surface area is 125 Å². The van der Waals surface area contributed by atoms with Crippen molar-refractivity contribution in [1.82, 2.24) is 10.3 Å². The molecule has 0 spiro atoms. The Hall–Kier alpha value is -1.94. The van der Waals surface area contributed by atoms with Gasteiger partial charge < -0.3 is 11.1 Å². The first-order chi connectivity index (χ1) is 9.93. The number of aromatic nitrogens is 1. The molecule has 0 bridgehead atoms. The highest BCUT2D eigenvalue weighted by Crippen LogP contribution is 2.23. The van der Waals surface area contributed by atoms with E-state index >= 15 is 0 Å². The van der Waals surface area contributed by atoms with Crippen LogP contribution < -0.4 is 11.1 Å². The van der Waals surface area contributed by atoms with E-state index in [2.05, 4.69) is 31.1 Å². The van der Waals surface area contributed by atoms with E-state index in [0.29, 0.717) is 12.1 Å². The second-order valence-corrected chi connectivity index (χ2v) is 6.35. The molecule has 2 rings (SSSR count). The number of amides is 1. The van der Waals surface area contributed by atoms with Crippen LogP contribution >= 0.6 is 0 Å². The van der Waals surface area contributed by atoms with Gasteiger partial charge in [0.1, 0.15) is 0 Å². The molecule has 0 fully saturated rings. The van der Waals surface area contributed by atoms with E-state index in [0.717, 1.165) is 17.3 Å². The summed E-state index contributed by atoms with van der Waals surface area (Å²) in [6.07, 6.45) is 2.44. The van der Waals surface area contributed by atoms with E-state index < -0.39 is 0 Å². The lowest BCUT2D eigenvalue weighted by Gasteiger charge is -2.31. The normalized spacial score (nSPS) is 13.1. The van der Waals surface area contributed by atoms with Crippen molar-refractivity contribution < 1.29 is 4.79 Å². The van der Waals surface area contributed by atoms with Crippen LogP contribution in [-0.4, -0.2) is 23.5 Å². The summed E-state index contributed by atoms with van der Waals surface area (Å²) in [6, 6.07) is 9.48. The highest BCUT2D eigenvalue weighted by atomic mass is 16.1. The number of fused-ring (bicyclic) bond motifs is 1. The van der Waals surface area contributed by atoms with Crippen molar-refractivity contribution in [3.05, 3.63) is 42.1 Å². The third-order valence-electron chi connectivity index (χ3n) is 3.70. The van der Waals surface area contributed by atoms with Crippen molar-refractivity contribution in [2.24, 2.45) is 11.1 Å². The Morgan fingerprint density at radius 1 is 1.29 bits per heavy atom. The van der Waals surface area contributed by atoms with Crippen LogP contribution in [-0.2, 0) is 0 Å². The molecule has 1 amide bonds. The van der Waals surface area contributed by atoms with E-state index in [1.807, 2.05) is 24.3 Å². The molecule has 0 saturated carbocycles. The smallest absolute Gasteiger partial charge is 0.252 e. The molecule has 0 aliphatic carbocycles. The number of carbonyl (C=O) groups excluding carboxylic acids is 1. The fourth-order valence-corrected chi connectivity index (χ4v) is 2.42. The molecule has 3 N–H and O–H groups in total. The molecule has 1 unspecified atom stereocenters. The number of nitrogens with one attached hydrogen (secondary N) is 1. The zero-order chi connectivity index (χ0) is 15.5. The van der Waals surface area contributed by atoms with Crippen LogP contribution in [0.4, 0.5) is 0 Å². The molecule has 2 aromatic rings. The first-order valence-electron chi connectivity index (χ1n) is 7.28. The van der Waals surface area contributed by atoms with Gasteiger partial charge in [0, 0.05) is 17.6 Å². The number of pyridine rings is 1. The number of benzene rings is 1. The van der Waals surface area contributed by atoms with Crippen LogP contribution in [0, 0.1) is 5.41 Å². The minimum Gasteiger partial charge on any atom is -0.349 e. The van der Waals surface area contributed by atoms with E-state index in [1.165, 1.54) is 0 Å². The lowest BCUT2D eigenvalue weighted by Crippen LogP contribution is -2.44. The van der Waals surface area contributed by atoms with Gasteiger partial charge in [0.15, 0.2) is 0 Å². The van der Waals surface area contributed by atoms with Crippen molar-refractivity contribution >= 4 is 16.8 Å². The average molecular weight is 285 g/mol. The predicted octanol–water partition coefficient (Wildman–Crippen LogP) is 2.73. The van der Waals surface area contributed by atoms with E-state index in [-0.39, 0.29) is 17.4 Å². The molecule has 21 heavy (non-hydrogen) atoms. The minimum absolute atomic E-state index is 0.0299. The van der Waals surface area contributed by atoms with Gasteiger partial charge in [0.2, 0.25) is 0 Å². The number of nitrogens with zero attached hydrogens (tertiary/aromatic N) is 1. The number of nitrogens with two attached hydrogens (primary N) is 1. The zero-order valence-corrected chi connectivity index (χ0v) is 12.9. The Morgan fingerprint density at radius 2 is 2.00 bits per heavy atom. The summed E-state index contributed by atoms with van der Waals surface area (Å²) in [6.45, 7) is 6.88. The van der Waals surface area contributed by atoms with Crippen molar-refractivity contribution in [1.29, 1.82) is 0 Å². The fraction of sp³-hybridized carbons (Fsp3) is 0.412. The molecule has 0 aliphatic heterocycles. The van der Waals surface area contributed by atoms with E-state index in [9.17, 15) is 4.79 Å². The predicted molar refractivity (Wildman–Crippen MR) is 86.1 cm³/mol. The summed E-state index contributed by atoms with van der Waals surface area (Å²) in [4.78, 5) is 16.9. The van der Waals surface area contributed by atoms with Gasteiger partial charge in [0.25, 0.3) is 5.91 Å². The molecule has 0 radical (unpaired) electrons. The van der Waals surface area contributed by atoms with Gasteiger partial charge in [-0.25, -0.2) is 0 Å². The van der Waals surface area contributed by atoms with Crippen molar-refractivity contribution in [3.63, 3.8) is 0 Å². The van der Waals surface area contributed by atoms with E-state index in [1.54, 1.807) is 12.3 Å². The molecule has 4 nitrogen and oxygen atoms in total. The maximum Gasteiger partial charge on any atom is 0.252 e. The summed E-state index contributed by atoms with van der Waals surface area (Å²) in [5.74, 6) is -0.0676. The largest absolute Gasteiger partial charge is 0.349 e. The molecule has 0 aliphatic rings. The van der Waals surface area contributed by atoms with Gasteiger partial charge >= 0.3 is 0 Å². The number of hydrogen-bond donors (Lipinski definition) is 2. The van der Waals surface area contributed by atoms with Crippen LogP contribution in [0.15, 0.2) is 36.5 Å². The van der Waals surface area contributed by atoms with Gasteiger partial charge in [0.05, 0.1) is 11.1 Å². The molecule has 1 atom stereocenters. The number of rotatable bonds is 4. The monoisotopic (exact) mass is 285 g/mol. The number of carbonyl (C=O) groups is 1. The highest BCUT2D eigenvalue weighted by molar-refractivity contribution is 6.06. The number of hydrogen-bond acceptors (Lipinski definition) is 3. The van der Waals surface area contributed by atoms with Gasteiger partial charge in [-0.05, 0) is 30.5 Å². The van der Waals surface area contributed by atoms with Crippen molar-refractivity contribution in [2.45, 2.75) is 33.2 Å². The molecule has 1 heterocycles. The SMILES string of the molecule is CC(C)(C)C(CCN)NC(=O)c1ccnc2ccccc12. The van der Waals surface area contributed by atoms with Crippen LogP contribution in [0.1, 0.15) is 37.6 Å². The van der Waals surface area contributed by atoms with Gasteiger partial charge in [-0.15, -0.1) is 0 Å². The van der Waals surface area contributed by atoms with Gasteiger partial charge in [-0.2, -0.15) is 0 Å². The highest BCUT2D eigenvalue weighted by Gasteiger charge is 2.26. The maximum absolute atomic E-state index is 12.6. The van der Waals surface area contributed by atoms with Crippen molar-refractivity contribution in [2.75, 3.05) is 6.54 Å². The van der Waals surface area contributed by atoms with Gasteiger partial charge in [-0.3, -0.25) is 9.78 Å². The zero-order valence-electron chi connectivity index (χ0n) is 12.9. The fourth-order valence-electron chi connectivity index (χ4n) is 2.42. The Kier molecular flexibility index (Phi) is 4.58. The summed E-state index contributed by atoms with van der Waals surface area (Å²) < 4.78 is 0. The molecule has 0 saturated heterocycles. The van der Waals surface area contributed by atoms with Crippen LogP contribution in [0.3, 0.4) is 0 Å². The van der Waals surface area contributed by atoms with Crippen LogP contribution in [0.25, 0.3) is 10.9 Å². The maximum atomic E-state index is 12.6. The van der Waals surface area contributed by atoms with Crippen LogP contribution in [0.2, 0.25) is 0 Å². The Balaban J connectivity index is 2.30. The first-order valence-corrected chi connectivity index (χ1v) is 7.28. The Morgan fingerprint density at radius 3 is 2.67 bits per heavy atom. The quantitative estimate of drug-likeness (QED) is 0.907. The average Bonchev–Trinajstić information content (AvgIpc) is 2.45. The first kappa shape index (κ1) is 15.4. The lowest BCUT2D eigenvalue weighted by atomic mass is 9.84. The lowest BCUT2D eigenvalue weighted by molar-refractivity contribution is 0.0900. The second kappa shape index (κ2) is 6.22. The van der Waals surface area contributed by atoms with Gasteiger partial charge in [-0.1, -0.05) is 39.0 Å². The summed E-state index contributed by atoms with van der Waals surface area (Å²) in [7, 11) is 0. The minimum atomic E-state index is -0.0676. The third-order valence-corrected chi connectivity index (χ3v) is 3.70. The molecular weight excluding hydrogens is 262 g/mol. The van der Waals surface area contributed by atoms with Crippen molar-refractivity contribution in [3.8, 4) is 0 Å². The molecule has 1 aromatic carbocycles. The summed E-state index contributed by atoms with van der Waals surface area (Å²) in [5.41, 5.74) is 7.13. The Bertz CT molecular complexity index is 626. The van der Waals surface area contributed by atoms with Crippen LogP contribution in [0.5, 0.6) is 0 Å². The standard InChI is InChI=1S/C17H23N3O/c1-17(2,3)15(8-10-18)20-16(21)13-9-11-19-14-7-5-4-6-12(13)14/h4-7,9,11,15H,8,10,18H2,1-3H3,(H,20,21).